The summed E-state index contributed by atoms with van der Waals surface area (Å²) in [6, 6.07) is 6.01. The van der Waals surface area contributed by atoms with Gasteiger partial charge in [-0.1, -0.05) is 25.1 Å². The van der Waals surface area contributed by atoms with Crippen LogP contribution in [-0.4, -0.2) is 53.2 Å². The van der Waals surface area contributed by atoms with Gasteiger partial charge >= 0.3 is 0 Å². The lowest BCUT2D eigenvalue weighted by molar-refractivity contribution is -0.129. The van der Waals surface area contributed by atoms with E-state index in [9.17, 15) is 17.6 Å². The number of rotatable bonds is 7. The summed E-state index contributed by atoms with van der Waals surface area (Å²) in [4.78, 5) is 18.4. The molecule has 2 aromatic rings. The number of amides is 1. The van der Waals surface area contributed by atoms with Crippen molar-refractivity contribution in [2.45, 2.75) is 56.7 Å². The molecule has 1 unspecified atom stereocenters. The number of hydrogen-bond donors (Lipinski definition) is 1. The van der Waals surface area contributed by atoms with E-state index in [1.807, 2.05) is 11.8 Å². The second kappa shape index (κ2) is 8.62. The largest absolute Gasteiger partial charge is 0.353 e. The average Bonchev–Trinajstić information content (AvgIpc) is 3.07. The number of piperazine rings is 1. The van der Waals surface area contributed by atoms with E-state index in [2.05, 4.69) is 10.3 Å². The molecule has 1 N–H and O–H groups in total. The summed E-state index contributed by atoms with van der Waals surface area (Å²) in [6.07, 6.45) is 2.17. The number of nitrogens with one attached hydrogen (secondary N) is 1. The number of aromatic nitrogens is 2. The van der Waals surface area contributed by atoms with Crippen LogP contribution in [0.3, 0.4) is 0 Å². The molecule has 3 rings (SSSR count). The van der Waals surface area contributed by atoms with Gasteiger partial charge < -0.3 is 9.88 Å². The van der Waals surface area contributed by atoms with Gasteiger partial charge in [-0.25, -0.2) is 17.8 Å². The molecule has 7 nitrogen and oxygen atoms in total. The Morgan fingerprint density at radius 1 is 1.28 bits per heavy atom. The van der Waals surface area contributed by atoms with Crippen LogP contribution in [-0.2, 0) is 27.7 Å². The van der Waals surface area contributed by atoms with E-state index in [4.69, 9.17) is 0 Å². The number of imidazole rings is 1. The van der Waals surface area contributed by atoms with E-state index in [0.717, 1.165) is 0 Å². The zero-order valence-electron chi connectivity index (χ0n) is 16.9. The van der Waals surface area contributed by atoms with Crippen LogP contribution in [0.15, 0.2) is 35.6 Å². The highest BCUT2D eigenvalue weighted by Gasteiger charge is 2.31. The Morgan fingerprint density at radius 3 is 2.66 bits per heavy atom. The molecule has 1 amide bonds. The first-order chi connectivity index (χ1) is 13.8. The van der Waals surface area contributed by atoms with Crippen LogP contribution in [0.25, 0.3) is 0 Å². The van der Waals surface area contributed by atoms with Crippen molar-refractivity contribution in [3.05, 3.63) is 47.5 Å². The summed E-state index contributed by atoms with van der Waals surface area (Å²) in [5, 5.41) is 2.14. The SMILES string of the molecule is CCC1C(=O)NCCN1Cc1cnc(S(=O)(=O)C(C)C)n1Cc1ccccc1F. The highest BCUT2D eigenvalue weighted by molar-refractivity contribution is 7.91. The molecule has 0 saturated carbocycles. The molecule has 0 aliphatic carbocycles. The zero-order valence-corrected chi connectivity index (χ0v) is 17.7. The maximum absolute atomic E-state index is 14.3. The first kappa shape index (κ1) is 21.4. The molecule has 1 aromatic carbocycles. The van der Waals surface area contributed by atoms with Crippen molar-refractivity contribution in [1.82, 2.24) is 19.8 Å². The Morgan fingerprint density at radius 2 is 2.00 bits per heavy atom. The first-order valence-corrected chi connectivity index (χ1v) is 11.3. The Balaban J connectivity index is 2.02. The molecule has 158 valence electrons. The molecule has 9 heteroatoms. The first-order valence-electron chi connectivity index (χ1n) is 9.79. The fraction of sp³-hybridized carbons (Fsp3) is 0.500. The predicted octanol–water partition coefficient (Wildman–Crippen LogP) is 1.96. The Hall–Kier alpha value is -2.26. The summed E-state index contributed by atoms with van der Waals surface area (Å²) in [6.45, 7) is 6.74. The van der Waals surface area contributed by atoms with Crippen LogP contribution in [0.2, 0.25) is 0 Å². The van der Waals surface area contributed by atoms with E-state index in [1.165, 1.54) is 12.3 Å². The van der Waals surface area contributed by atoms with Crippen molar-refractivity contribution < 1.29 is 17.6 Å². The highest BCUT2D eigenvalue weighted by Crippen LogP contribution is 2.22. The minimum Gasteiger partial charge on any atom is -0.353 e. The van der Waals surface area contributed by atoms with Crippen molar-refractivity contribution in [2.24, 2.45) is 0 Å². The van der Waals surface area contributed by atoms with E-state index < -0.39 is 20.9 Å². The number of nitrogens with zero attached hydrogens (tertiary/aromatic N) is 3. The normalized spacial score (nSPS) is 18.2. The third-order valence-electron chi connectivity index (χ3n) is 5.26. The fourth-order valence-corrected chi connectivity index (χ4v) is 4.64. The van der Waals surface area contributed by atoms with Gasteiger partial charge in [0.15, 0.2) is 0 Å². The predicted molar refractivity (Wildman–Crippen MR) is 108 cm³/mol. The number of halogens is 1. The maximum atomic E-state index is 14.3. The summed E-state index contributed by atoms with van der Waals surface area (Å²) >= 11 is 0. The van der Waals surface area contributed by atoms with Crippen LogP contribution < -0.4 is 5.32 Å². The molecule has 2 heterocycles. The van der Waals surface area contributed by atoms with Gasteiger partial charge in [0.05, 0.1) is 29.7 Å². The number of hydrogen-bond acceptors (Lipinski definition) is 5. The van der Waals surface area contributed by atoms with Gasteiger partial charge in [-0.05, 0) is 26.3 Å². The van der Waals surface area contributed by atoms with Crippen LogP contribution in [0.1, 0.15) is 38.4 Å². The molecule has 29 heavy (non-hydrogen) atoms. The molecule has 1 aromatic heterocycles. The molecular weight excluding hydrogens is 395 g/mol. The van der Waals surface area contributed by atoms with Gasteiger partial charge in [-0.3, -0.25) is 9.69 Å². The van der Waals surface area contributed by atoms with Crippen LogP contribution in [0.5, 0.6) is 0 Å². The van der Waals surface area contributed by atoms with Crippen molar-refractivity contribution in [1.29, 1.82) is 0 Å². The highest BCUT2D eigenvalue weighted by atomic mass is 32.2. The summed E-state index contributed by atoms with van der Waals surface area (Å²) in [7, 11) is -3.66. The maximum Gasteiger partial charge on any atom is 0.237 e. The standard InChI is InChI=1S/C20H27FN4O3S/c1-4-18-19(26)22-9-10-24(18)13-16-11-23-20(29(27,28)14(2)3)25(16)12-15-7-5-6-8-17(15)21/h5-8,11,14,18H,4,9-10,12-13H2,1-3H3,(H,22,26). The van der Waals surface area contributed by atoms with Gasteiger partial charge in [0.25, 0.3) is 0 Å². The summed E-state index contributed by atoms with van der Waals surface area (Å²) in [5.74, 6) is -0.433. The fourth-order valence-electron chi connectivity index (χ4n) is 3.53. The second-order valence-corrected chi connectivity index (χ2v) is 9.89. The topological polar surface area (TPSA) is 84.3 Å². The molecule has 1 saturated heterocycles. The van der Waals surface area contributed by atoms with Gasteiger partial charge in [-0.15, -0.1) is 0 Å². The van der Waals surface area contributed by atoms with Crippen LogP contribution in [0, 0.1) is 5.82 Å². The summed E-state index contributed by atoms with van der Waals surface area (Å²) in [5.41, 5.74) is 1.02. The van der Waals surface area contributed by atoms with E-state index in [1.54, 1.807) is 36.6 Å². The van der Waals surface area contributed by atoms with Crippen molar-refractivity contribution in [3.8, 4) is 0 Å². The molecule has 1 fully saturated rings. The lowest BCUT2D eigenvalue weighted by Crippen LogP contribution is -2.54. The zero-order chi connectivity index (χ0) is 21.2. The van der Waals surface area contributed by atoms with Crippen molar-refractivity contribution in [3.63, 3.8) is 0 Å². The monoisotopic (exact) mass is 422 g/mol. The Bertz CT molecular complexity index is 987. The third kappa shape index (κ3) is 4.35. The van der Waals surface area contributed by atoms with Gasteiger partial charge in [0, 0.05) is 25.2 Å². The minimum absolute atomic E-state index is 0.0334. The number of benzene rings is 1. The number of carbonyl (C=O) groups is 1. The molecule has 0 radical (unpaired) electrons. The Labute approximate surface area is 170 Å². The van der Waals surface area contributed by atoms with Crippen LogP contribution >= 0.6 is 0 Å². The van der Waals surface area contributed by atoms with E-state index >= 15 is 0 Å². The smallest absolute Gasteiger partial charge is 0.237 e. The van der Waals surface area contributed by atoms with Crippen molar-refractivity contribution in [2.75, 3.05) is 13.1 Å². The summed E-state index contributed by atoms with van der Waals surface area (Å²) < 4.78 is 41.5. The number of sulfone groups is 1. The molecular formula is C20H27FN4O3S. The van der Waals surface area contributed by atoms with E-state index in [-0.39, 0.29) is 23.7 Å². The Kier molecular flexibility index (Phi) is 6.38. The third-order valence-corrected chi connectivity index (χ3v) is 7.33. The molecule has 0 spiro atoms. The van der Waals surface area contributed by atoms with Gasteiger partial charge in [0.2, 0.25) is 20.9 Å². The molecule has 1 aliphatic rings. The quantitative estimate of drug-likeness (QED) is 0.737. The molecule has 1 atom stereocenters. The molecule has 0 bridgehead atoms. The second-order valence-electron chi connectivity index (χ2n) is 7.49. The lowest BCUT2D eigenvalue weighted by atomic mass is 10.1. The average molecular weight is 423 g/mol. The number of carbonyl (C=O) groups excluding carboxylic acids is 1. The lowest BCUT2D eigenvalue weighted by Gasteiger charge is -2.34. The van der Waals surface area contributed by atoms with Gasteiger partial charge in [-0.2, -0.15) is 0 Å². The van der Waals surface area contributed by atoms with Gasteiger partial charge in [0.1, 0.15) is 5.82 Å². The van der Waals surface area contributed by atoms with E-state index in [0.29, 0.717) is 37.3 Å². The van der Waals surface area contributed by atoms with Crippen molar-refractivity contribution >= 4 is 15.7 Å². The molecule has 1 aliphatic heterocycles. The van der Waals surface area contributed by atoms with Crippen LogP contribution in [0.4, 0.5) is 4.39 Å². The minimum atomic E-state index is -3.66.